The van der Waals surface area contributed by atoms with Crippen molar-refractivity contribution in [2.24, 2.45) is 5.10 Å². The number of urea groups is 1. The number of halogens is 3. The van der Waals surface area contributed by atoms with Gasteiger partial charge in [0.15, 0.2) is 0 Å². The molecule has 3 rings (SSSR count). The van der Waals surface area contributed by atoms with E-state index in [1.165, 1.54) is 30.6 Å². The average Bonchev–Trinajstić information content (AvgIpc) is 2.54. The lowest BCUT2D eigenvalue weighted by Crippen LogP contribution is -2.48. The van der Waals surface area contributed by atoms with Gasteiger partial charge in [0.25, 0.3) is 0 Å². The van der Waals surface area contributed by atoms with Crippen molar-refractivity contribution >= 4 is 11.7 Å². The Bertz CT molecular complexity index is 803. The molecule has 0 fully saturated rings. The first-order chi connectivity index (χ1) is 11.4. The maximum atomic E-state index is 13.5. The molecule has 0 spiro atoms. The molecular weight excluding hydrogens is 321 g/mol. The zero-order chi connectivity index (χ0) is 17.3. The third-order valence-corrected chi connectivity index (χ3v) is 3.65. The highest BCUT2D eigenvalue weighted by atomic mass is 19.4. The minimum atomic E-state index is -4.52. The van der Waals surface area contributed by atoms with Crippen molar-refractivity contribution in [2.75, 3.05) is 0 Å². The van der Waals surface area contributed by atoms with Crippen LogP contribution in [0, 0.1) is 0 Å². The smallest absolute Gasteiger partial charge is 0.328 e. The summed E-state index contributed by atoms with van der Waals surface area (Å²) < 4.78 is 40.5. The number of hydrogen-bond acceptors (Lipinski definition) is 3. The molecule has 0 bridgehead atoms. The molecule has 124 valence electrons. The Labute approximate surface area is 135 Å². The first kappa shape index (κ1) is 16.0. The molecule has 2 heterocycles. The van der Waals surface area contributed by atoms with Gasteiger partial charge in [-0.2, -0.15) is 18.3 Å². The molecule has 24 heavy (non-hydrogen) atoms. The fraction of sp³-hybridized carbons (Fsp3) is 0.188. The highest BCUT2D eigenvalue weighted by Crippen LogP contribution is 2.37. The molecule has 2 amide bonds. The number of nitrogens with one attached hydrogen (secondary N) is 2. The summed E-state index contributed by atoms with van der Waals surface area (Å²) in [4.78, 5) is 15.0. The summed E-state index contributed by atoms with van der Waals surface area (Å²) in [7, 11) is 0. The molecule has 1 atom stereocenters. The van der Waals surface area contributed by atoms with Crippen LogP contribution in [0.5, 0.6) is 0 Å². The molecule has 0 unspecified atom stereocenters. The minimum absolute atomic E-state index is 0.0645. The van der Waals surface area contributed by atoms with E-state index in [2.05, 4.69) is 20.8 Å². The lowest BCUT2D eigenvalue weighted by molar-refractivity contribution is -0.137. The van der Waals surface area contributed by atoms with Crippen molar-refractivity contribution < 1.29 is 18.0 Å². The Balaban J connectivity index is 2.11. The van der Waals surface area contributed by atoms with E-state index in [1.807, 2.05) is 0 Å². The summed E-state index contributed by atoms with van der Waals surface area (Å²) in [6, 6.07) is 6.06. The minimum Gasteiger partial charge on any atom is -0.328 e. The molecule has 8 heteroatoms. The summed E-state index contributed by atoms with van der Waals surface area (Å²) >= 11 is 0. The normalized spacial score (nSPS) is 17.8. The molecule has 1 aliphatic heterocycles. The maximum absolute atomic E-state index is 13.5. The van der Waals surface area contributed by atoms with Crippen LogP contribution in [-0.4, -0.2) is 22.8 Å². The van der Waals surface area contributed by atoms with Gasteiger partial charge >= 0.3 is 12.2 Å². The van der Waals surface area contributed by atoms with Gasteiger partial charge in [0.05, 0.1) is 17.3 Å². The molecule has 1 aromatic heterocycles. The lowest BCUT2D eigenvalue weighted by Gasteiger charge is -2.22. The quantitative estimate of drug-likeness (QED) is 0.886. The van der Waals surface area contributed by atoms with Crippen molar-refractivity contribution in [1.29, 1.82) is 0 Å². The van der Waals surface area contributed by atoms with E-state index >= 15 is 0 Å². The molecular formula is C16H13F3N4O. The molecule has 1 aliphatic rings. The number of aromatic nitrogens is 1. The Morgan fingerprint density at radius 3 is 2.42 bits per heavy atom. The van der Waals surface area contributed by atoms with Gasteiger partial charge in [-0.25, -0.2) is 10.2 Å². The molecule has 0 radical (unpaired) electrons. The number of carbonyl (C=O) groups is 1. The zero-order valence-electron chi connectivity index (χ0n) is 12.6. The Morgan fingerprint density at radius 1 is 1.08 bits per heavy atom. The van der Waals surface area contributed by atoms with Crippen molar-refractivity contribution in [2.45, 2.75) is 19.1 Å². The Kier molecular flexibility index (Phi) is 3.96. The average molecular weight is 334 g/mol. The SMILES string of the molecule is C[C@@H]1NC(=O)NN=C1c1ccc(-c2ccncc2)c(C(F)(F)F)c1. The van der Waals surface area contributed by atoms with Crippen LogP contribution in [0.25, 0.3) is 11.1 Å². The predicted molar refractivity (Wildman–Crippen MR) is 82.3 cm³/mol. The van der Waals surface area contributed by atoms with E-state index in [0.717, 1.165) is 6.07 Å². The second-order valence-corrected chi connectivity index (χ2v) is 5.30. The van der Waals surface area contributed by atoms with Gasteiger partial charge < -0.3 is 5.32 Å². The third kappa shape index (κ3) is 3.08. The number of hydrazone groups is 1. The highest BCUT2D eigenvalue weighted by Gasteiger charge is 2.35. The zero-order valence-corrected chi connectivity index (χ0v) is 12.6. The van der Waals surface area contributed by atoms with Crippen LogP contribution in [0.3, 0.4) is 0 Å². The largest absolute Gasteiger partial charge is 0.417 e. The van der Waals surface area contributed by atoms with Crippen molar-refractivity contribution in [1.82, 2.24) is 15.7 Å². The van der Waals surface area contributed by atoms with Crippen LogP contribution in [0.2, 0.25) is 0 Å². The standard InChI is InChI=1S/C16H13F3N4O/c1-9-14(22-23-15(24)21-9)11-2-3-12(10-4-6-20-7-5-10)13(8-11)16(17,18)19/h2-9H,1H3,(H2,21,23,24)/t9-/m0/s1. The van der Waals surface area contributed by atoms with Gasteiger partial charge in [0, 0.05) is 18.0 Å². The van der Waals surface area contributed by atoms with Gasteiger partial charge in [-0.3, -0.25) is 4.98 Å². The molecule has 2 aromatic rings. The van der Waals surface area contributed by atoms with E-state index < -0.39 is 23.8 Å². The van der Waals surface area contributed by atoms with E-state index in [-0.39, 0.29) is 5.56 Å². The van der Waals surface area contributed by atoms with Crippen molar-refractivity contribution in [3.05, 3.63) is 53.9 Å². The first-order valence-corrected chi connectivity index (χ1v) is 7.12. The van der Waals surface area contributed by atoms with Crippen molar-refractivity contribution in [3.63, 3.8) is 0 Å². The van der Waals surface area contributed by atoms with E-state index in [0.29, 0.717) is 16.8 Å². The number of hydrogen-bond donors (Lipinski definition) is 2. The summed E-state index contributed by atoms with van der Waals surface area (Å²) in [6.07, 6.45) is -1.64. The highest BCUT2D eigenvalue weighted by molar-refractivity contribution is 6.07. The monoisotopic (exact) mass is 334 g/mol. The lowest BCUT2D eigenvalue weighted by atomic mass is 9.94. The van der Waals surface area contributed by atoms with E-state index in [4.69, 9.17) is 0 Å². The number of carbonyl (C=O) groups excluding carboxylic acids is 1. The number of benzene rings is 1. The van der Waals surface area contributed by atoms with Gasteiger partial charge in [0.2, 0.25) is 0 Å². The number of nitrogens with zero attached hydrogens (tertiary/aromatic N) is 2. The maximum Gasteiger partial charge on any atom is 0.417 e. The van der Waals surface area contributed by atoms with Crippen LogP contribution in [-0.2, 0) is 6.18 Å². The van der Waals surface area contributed by atoms with E-state index in [1.54, 1.807) is 13.0 Å². The number of pyridine rings is 1. The van der Waals surface area contributed by atoms with Crippen LogP contribution < -0.4 is 10.7 Å². The van der Waals surface area contributed by atoms with E-state index in [9.17, 15) is 18.0 Å². The number of alkyl halides is 3. The van der Waals surface area contributed by atoms with Gasteiger partial charge in [-0.1, -0.05) is 12.1 Å². The molecule has 0 saturated carbocycles. The predicted octanol–water partition coefficient (Wildman–Crippen LogP) is 3.17. The molecule has 0 aliphatic carbocycles. The summed E-state index contributed by atoms with van der Waals surface area (Å²) in [5.74, 6) is 0. The van der Waals surface area contributed by atoms with Crippen LogP contribution in [0.1, 0.15) is 18.1 Å². The Morgan fingerprint density at radius 2 is 1.79 bits per heavy atom. The van der Waals surface area contributed by atoms with Gasteiger partial charge in [-0.15, -0.1) is 0 Å². The summed E-state index contributed by atoms with van der Waals surface area (Å²) in [6.45, 7) is 1.65. The topological polar surface area (TPSA) is 66.4 Å². The number of amides is 2. The van der Waals surface area contributed by atoms with Crippen LogP contribution in [0.4, 0.5) is 18.0 Å². The summed E-state index contributed by atoms with van der Waals surface area (Å²) in [5, 5.41) is 6.43. The second kappa shape index (κ2) is 5.95. The fourth-order valence-electron chi connectivity index (χ4n) is 2.54. The molecule has 1 aromatic carbocycles. The first-order valence-electron chi connectivity index (χ1n) is 7.12. The van der Waals surface area contributed by atoms with Crippen molar-refractivity contribution in [3.8, 4) is 11.1 Å². The molecule has 2 N–H and O–H groups in total. The number of rotatable bonds is 2. The fourth-order valence-corrected chi connectivity index (χ4v) is 2.54. The van der Waals surface area contributed by atoms with Crippen LogP contribution >= 0.6 is 0 Å². The third-order valence-electron chi connectivity index (χ3n) is 3.65. The van der Waals surface area contributed by atoms with Crippen LogP contribution in [0.15, 0.2) is 47.8 Å². The Hall–Kier alpha value is -2.90. The van der Waals surface area contributed by atoms with Gasteiger partial charge in [-0.05, 0) is 36.2 Å². The van der Waals surface area contributed by atoms with Gasteiger partial charge in [0.1, 0.15) is 0 Å². The molecule has 5 nitrogen and oxygen atoms in total. The molecule has 0 saturated heterocycles. The summed E-state index contributed by atoms with van der Waals surface area (Å²) in [5.41, 5.74) is 2.56. The second-order valence-electron chi connectivity index (χ2n) is 5.30.